The number of rotatable bonds is 0. The first kappa shape index (κ1) is 17.3. The standard InChI is InChI=1S/N2.2H2O4S/c1-2;2*1-5(2,3)4/h;2*(H2,1,2,3,4)/p-3. The Labute approximate surface area is 67.4 Å². The lowest BCUT2D eigenvalue weighted by atomic mass is 13.4. The fraction of sp³-hybridized carbons (Fsp3) is 0. The van der Waals surface area contributed by atoms with Crippen LogP contribution < -0.4 is 5.39 Å². The summed E-state index contributed by atoms with van der Waals surface area (Å²) in [4.78, 5) is 0. The zero-order valence-corrected chi connectivity index (χ0v) is 6.66. The molecule has 0 aromatic carbocycles. The lowest BCUT2D eigenvalue weighted by molar-refractivity contribution is -0.175. The van der Waals surface area contributed by atoms with Crippen LogP contribution in [0.1, 0.15) is 0 Å². The average molecular weight is 221 g/mol. The quantitative estimate of drug-likeness (QED) is 0.237. The number of nitrogens with zero attached hydrogens (tertiary/aromatic N) is 1. The number of hydrogen-bond acceptors (Lipinski definition) is 9. The molecule has 0 amide bonds. The Bertz CT molecular complexity index is 245. The molecular weight excluding hydrogens is 220 g/mol. The molecule has 12 heteroatoms. The van der Waals surface area contributed by atoms with Crippen LogP contribution in [0.25, 0.3) is 0 Å². The van der Waals surface area contributed by atoms with E-state index in [1.54, 1.807) is 0 Å². The van der Waals surface area contributed by atoms with Crippen LogP contribution in [0, 0.1) is 5.39 Å². The molecule has 0 aromatic rings. The Balaban J connectivity index is -0.000000112. The van der Waals surface area contributed by atoms with Crippen LogP contribution in [0.15, 0.2) is 0 Å². The van der Waals surface area contributed by atoms with Crippen LogP contribution in [-0.4, -0.2) is 35.0 Å². The van der Waals surface area contributed by atoms with Gasteiger partial charge in [0.15, 0.2) is 0 Å². The van der Waals surface area contributed by atoms with E-state index in [9.17, 15) is 0 Å². The first-order chi connectivity index (χ1) is 5.00. The van der Waals surface area contributed by atoms with E-state index in [2.05, 4.69) is 0 Å². The van der Waals surface area contributed by atoms with Crippen LogP contribution in [-0.2, 0) is 20.8 Å². The van der Waals surface area contributed by atoms with E-state index in [-0.39, 0.29) is 0 Å². The van der Waals surface area contributed by atoms with E-state index in [0.29, 0.717) is 0 Å². The number of nitrogens with one attached hydrogen (secondary N) is 1. The van der Waals surface area contributed by atoms with Crippen molar-refractivity contribution in [3.8, 4) is 0 Å². The summed E-state index contributed by atoms with van der Waals surface area (Å²) in [5, 5.41) is 11.0. The Morgan fingerprint density at radius 3 is 0.750 bits per heavy atom. The largest absolute Gasteiger partial charge is 0.759 e. The monoisotopic (exact) mass is 221 g/mol. The summed E-state index contributed by atoms with van der Waals surface area (Å²) < 4.78 is 68.2. The highest BCUT2D eigenvalue weighted by Crippen LogP contribution is 1.58. The molecule has 0 atom stereocenters. The van der Waals surface area contributed by atoms with Crippen molar-refractivity contribution >= 4 is 20.8 Å². The second-order valence-electron chi connectivity index (χ2n) is 0.816. The molecule has 0 saturated heterocycles. The molecular formula is HN2O8S2-3. The average Bonchev–Trinajstić information content (AvgIpc) is 1.59. The molecule has 0 aromatic heterocycles. The van der Waals surface area contributed by atoms with Crippen molar-refractivity contribution in [2.24, 2.45) is 0 Å². The molecule has 0 radical (unpaired) electrons. The van der Waals surface area contributed by atoms with Crippen LogP contribution in [0.5, 0.6) is 0 Å². The maximum Gasteiger partial charge on any atom is 0.212 e. The SMILES string of the molecule is N#[NH+].O=S(=O)([O-])[O-].O=S(=O)([O-])[O-]. The van der Waals surface area contributed by atoms with Gasteiger partial charge in [0, 0.05) is 20.8 Å². The van der Waals surface area contributed by atoms with Crippen molar-refractivity contribution < 1.29 is 40.4 Å². The lowest BCUT2D eigenvalue weighted by Crippen LogP contribution is -2.11. The lowest BCUT2D eigenvalue weighted by Gasteiger charge is -2.06. The summed E-state index contributed by atoms with van der Waals surface area (Å²) >= 11 is 0. The molecule has 12 heavy (non-hydrogen) atoms. The van der Waals surface area contributed by atoms with Crippen LogP contribution >= 0.6 is 0 Å². The third-order valence-electron chi connectivity index (χ3n) is 0. The van der Waals surface area contributed by atoms with Gasteiger partial charge in [-0.25, -0.2) is 0 Å². The smallest absolute Gasteiger partial charge is 0.212 e. The molecule has 0 aliphatic rings. The van der Waals surface area contributed by atoms with Gasteiger partial charge in [-0.3, -0.25) is 16.8 Å². The van der Waals surface area contributed by atoms with Crippen molar-refractivity contribution in [3.05, 3.63) is 0 Å². The van der Waals surface area contributed by atoms with Crippen LogP contribution in [0.2, 0.25) is 0 Å². The van der Waals surface area contributed by atoms with Crippen LogP contribution in [0.4, 0.5) is 0 Å². The van der Waals surface area contributed by atoms with Gasteiger partial charge in [-0.15, -0.1) is 0 Å². The first-order valence-corrected chi connectivity index (χ1v) is 4.22. The topological polar surface area (TPSA) is 208 Å². The minimum atomic E-state index is -5.17. The summed E-state index contributed by atoms with van der Waals surface area (Å²) in [6, 6.07) is 0. The van der Waals surface area contributed by atoms with Gasteiger partial charge < -0.3 is 18.2 Å². The molecule has 0 fully saturated rings. The predicted molar refractivity (Wildman–Crippen MR) is 23.6 cm³/mol. The molecule has 0 aliphatic heterocycles. The molecule has 0 saturated carbocycles. The molecule has 0 unspecified atom stereocenters. The number of hydrogen-bond donors (Lipinski definition) is 1. The van der Waals surface area contributed by atoms with Gasteiger partial charge in [0.25, 0.3) is 0 Å². The fourth-order valence-corrected chi connectivity index (χ4v) is 0. The molecule has 0 bridgehead atoms. The molecule has 1 N–H and O–H groups in total. The molecule has 74 valence electrons. The molecule has 0 rings (SSSR count). The second-order valence-corrected chi connectivity index (χ2v) is 2.45. The second kappa shape index (κ2) is 6.84. The molecule has 0 heterocycles. The van der Waals surface area contributed by atoms with E-state index < -0.39 is 20.8 Å². The Hall–Kier alpha value is -0.840. The minimum absolute atomic E-state index is 4.75. The molecule has 0 spiro atoms. The Morgan fingerprint density at radius 1 is 0.750 bits per heavy atom. The minimum Gasteiger partial charge on any atom is -0.759 e. The highest BCUT2D eigenvalue weighted by Gasteiger charge is 1.50. The summed E-state index contributed by atoms with van der Waals surface area (Å²) in [5.41, 5.74) is 0. The summed E-state index contributed by atoms with van der Waals surface area (Å²) in [5.74, 6) is 0. The van der Waals surface area contributed by atoms with E-state index >= 15 is 0 Å². The molecule has 10 nitrogen and oxygen atoms in total. The van der Waals surface area contributed by atoms with Crippen molar-refractivity contribution in [3.63, 3.8) is 0 Å². The van der Waals surface area contributed by atoms with E-state index in [4.69, 9.17) is 45.8 Å². The maximum absolute atomic E-state index is 8.52. The third-order valence-corrected chi connectivity index (χ3v) is 0. The van der Waals surface area contributed by atoms with E-state index in [0.717, 1.165) is 0 Å². The van der Waals surface area contributed by atoms with E-state index in [1.165, 1.54) is 0 Å². The summed E-state index contributed by atoms with van der Waals surface area (Å²) in [6.07, 6.45) is 0. The van der Waals surface area contributed by atoms with Crippen molar-refractivity contribution in [1.82, 2.24) is 0 Å². The fourth-order valence-electron chi connectivity index (χ4n) is 0. The summed E-state index contributed by atoms with van der Waals surface area (Å²) in [6.45, 7) is 0. The van der Waals surface area contributed by atoms with Crippen molar-refractivity contribution in [2.75, 3.05) is 0 Å². The van der Waals surface area contributed by atoms with Gasteiger partial charge in [-0.2, -0.15) is 0 Å². The zero-order chi connectivity index (χ0) is 11.0. The van der Waals surface area contributed by atoms with Gasteiger partial charge in [0.05, 0.1) is 5.39 Å². The van der Waals surface area contributed by atoms with Crippen molar-refractivity contribution in [1.29, 1.82) is 5.39 Å². The highest BCUT2D eigenvalue weighted by atomic mass is 32.3. The van der Waals surface area contributed by atoms with E-state index in [1.807, 2.05) is 0 Å². The Morgan fingerprint density at radius 2 is 0.750 bits per heavy atom. The first-order valence-electron chi connectivity index (χ1n) is 1.56. The van der Waals surface area contributed by atoms with Gasteiger partial charge in [-0.1, -0.05) is 0 Å². The van der Waals surface area contributed by atoms with Crippen LogP contribution in [0.3, 0.4) is 0 Å². The molecule has 0 aliphatic carbocycles. The normalized spacial score (nSPS) is 9.83. The zero-order valence-electron chi connectivity index (χ0n) is 5.03. The number of diazo groups is 1. The predicted octanol–water partition coefficient (Wildman–Crippen LogP) is -4.40. The summed E-state index contributed by atoms with van der Waals surface area (Å²) in [7, 11) is -10.3. The Kier molecular flexibility index (Phi) is 9.87. The van der Waals surface area contributed by atoms with Gasteiger partial charge in [0.1, 0.15) is 0 Å². The van der Waals surface area contributed by atoms with Gasteiger partial charge >= 0.3 is 0 Å². The maximum atomic E-state index is 8.52. The van der Waals surface area contributed by atoms with Gasteiger partial charge in [-0.05, 0) is 0 Å². The van der Waals surface area contributed by atoms with Crippen molar-refractivity contribution in [2.45, 2.75) is 0 Å². The highest BCUT2D eigenvalue weighted by molar-refractivity contribution is 7.79. The van der Waals surface area contributed by atoms with Gasteiger partial charge in [0.2, 0.25) is 5.39 Å². The third kappa shape index (κ3) is 864.